The Kier molecular flexibility index (Phi) is 5.95. The number of urea groups is 1. The number of carbonyl (C=O) groups excluding carboxylic acids is 2. The summed E-state index contributed by atoms with van der Waals surface area (Å²) in [4.78, 5) is 28.3. The van der Waals surface area contributed by atoms with Gasteiger partial charge in [0.1, 0.15) is 0 Å². The monoisotopic (exact) mass is 391 g/mol. The second kappa shape index (κ2) is 8.39. The number of rotatable bonds is 3. The van der Waals surface area contributed by atoms with Crippen molar-refractivity contribution >= 4 is 29.2 Å². The first-order valence-corrected chi connectivity index (χ1v) is 9.26. The fourth-order valence-corrected chi connectivity index (χ4v) is 3.08. The summed E-state index contributed by atoms with van der Waals surface area (Å²) in [7, 11) is 0. The lowest BCUT2D eigenvalue weighted by molar-refractivity contribution is 0.0751. The molecule has 0 bridgehead atoms. The number of nitrogens with zero attached hydrogens (tertiary/aromatic N) is 4. The number of hydrogen-bond donors (Lipinski definition) is 1. The third-order valence-electron chi connectivity index (χ3n) is 4.55. The second-order valence-electron chi connectivity index (χ2n) is 6.74. The van der Waals surface area contributed by atoms with Gasteiger partial charge >= 0.3 is 6.03 Å². The Morgan fingerprint density at radius 1 is 1.07 bits per heavy atom. The first-order valence-electron chi connectivity index (χ1n) is 8.89. The van der Waals surface area contributed by atoms with Gasteiger partial charge in [0.25, 0.3) is 5.91 Å². The first-order chi connectivity index (χ1) is 13.0. The van der Waals surface area contributed by atoms with Gasteiger partial charge in [-0.25, -0.2) is 9.42 Å². The lowest BCUT2D eigenvalue weighted by atomic mass is 10.0. The number of carbonyl (C=O) groups is 2. The Labute approximate surface area is 162 Å². The molecular formula is C18H22ClN5O3. The van der Waals surface area contributed by atoms with Gasteiger partial charge < -0.3 is 15.1 Å². The Morgan fingerprint density at radius 3 is 2.37 bits per heavy atom. The van der Waals surface area contributed by atoms with Crippen molar-refractivity contribution in [2.24, 2.45) is 0 Å². The summed E-state index contributed by atoms with van der Waals surface area (Å²) in [5, 5.41) is 9.83. The molecule has 0 radical (unpaired) electrons. The van der Waals surface area contributed by atoms with E-state index in [9.17, 15) is 9.59 Å². The normalized spacial score (nSPS) is 15.0. The molecule has 0 saturated carbocycles. The molecule has 1 aromatic carbocycles. The molecule has 1 N–H and O–H groups in total. The van der Waals surface area contributed by atoms with Crippen molar-refractivity contribution in [2.75, 3.05) is 31.5 Å². The zero-order chi connectivity index (χ0) is 19.4. The van der Waals surface area contributed by atoms with Crippen LogP contribution in [0.2, 0.25) is 5.15 Å². The van der Waals surface area contributed by atoms with Crippen molar-refractivity contribution < 1.29 is 14.2 Å². The van der Waals surface area contributed by atoms with E-state index in [1.54, 1.807) is 9.80 Å². The predicted octanol–water partition coefficient (Wildman–Crippen LogP) is 3.23. The Hall–Kier alpha value is -2.61. The van der Waals surface area contributed by atoms with Crippen molar-refractivity contribution in [1.82, 2.24) is 20.1 Å². The minimum atomic E-state index is -0.340. The Morgan fingerprint density at radius 2 is 1.74 bits per heavy atom. The summed E-state index contributed by atoms with van der Waals surface area (Å²) >= 11 is 5.81. The Balaban J connectivity index is 1.58. The van der Waals surface area contributed by atoms with Crippen LogP contribution in [0.3, 0.4) is 0 Å². The van der Waals surface area contributed by atoms with Crippen LogP contribution in [0.25, 0.3) is 0 Å². The van der Waals surface area contributed by atoms with Crippen molar-refractivity contribution in [3.05, 3.63) is 40.7 Å². The molecule has 1 aromatic heterocycles. The van der Waals surface area contributed by atoms with Crippen LogP contribution in [0.15, 0.2) is 28.9 Å². The minimum Gasteiger partial charge on any atom is -0.335 e. The van der Waals surface area contributed by atoms with Gasteiger partial charge in [0.2, 0.25) is 10.8 Å². The van der Waals surface area contributed by atoms with Crippen molar-refractivity contribution in [1.29, 1.82) is 0 Å². The maximum atomic E-state index is 12.6. The molecule has 0 spiro atoms. The van der Waals surface area contributed by atoms with E-state index in [0.717, 1.165) is 5.69 Å². The molecule has 0 aliphatic carbocycles. The number of aromatic nitrogens is 2. The number of anilines is 1. The van der Waals surface area contributed by atoms with Gasteiger partial charge in [-0.05, 0) is 40.3 Å². The van der Waals surface area contributed by atoms with E-state index in [1.807, 2.05) is 24.3 Å². The van der Waals surface area contributed by atoms with Crippen molar-refractivity contribution in [3.8, 4) is 0 Å². The van der Waals surface area contributed by atoms with Gasteiger partial charge in [0, 0.05) is 31.9 Å². The van der Waals surface area contributed by atoms with Gasteiger partial charge in [0.15, 0.2) is 0 Å². The van der Waals surface area contributed by atoms with Gasteiger partial charge in [-0.15, -0.1) is 0 Å². The van der Waals surface area contributed by atoms with Crippen LogP contribution in [0, 0.1) is 0 Å². The summed E-state index contributed by atoms with van der Waals surface area (Å²) < 4.78 is 4.48. The zero-order valence-electron chi connectivity index (χ0n) is 15.3. The van der Waals surface area contributed by atoms with Crippen LogP contribution in [0.4, 0.5) is 10.5 Å². The average Bonchev–Trinajstić information content (AvgIpc) is 2.92. The standard InChI is InChI=1S/C18H22ClN5O3/c1-12(2)13-4-6-14(7-5-13)20-18(26)24-9-3-8-23(10-11-24)17(25)15-16(19)22-27-21-15/h4-7,12H,3,8-11H2,1-2H3,(H,20,26). The molecule has 1 fully saturated rings. The van der Waals surface area contributed by atoms with E-state index in [2.05, 4.69) is 34.1 Å². The molecule has 1 saturated heterocycles. The molecular weight excluding hydrogens is 370 g/mol. The number of halogens is 1. The molecule has 2 aromatic rings. The highest BCUT2D eigenvalue weighted by Gasteiger charge is 2.26. The fourth-order valence-electron chi connectivity index (χ4n) is 2.93. The van der Waals surface area contributed by atoms with E-state index in [-0.39, 0.29) is 22.8 Å². The minimum absolute atomic E-state index is 0.000175. The highest BCUT2D eigenvalue weighted by atomic mass is 35.5. The summed E-state index contributed by atoms with van der Waals surface area (Å²) in [6.07, 6.45) is 0.661. The average molecular weight is 392 g/mol. The third-order valence-corrected chi connectivity index (χ3v) is 4.80. The highest BCUT2D eigenvalue weighted by molar-refractivity contribution is 6.32. The molecule has 2 heterocycles. The molecule has 3 rings (SSSR count). The zero-order valence-corrected chi connectivity index (χ0v) is 16.1. The lowest BCUT2D eigenvalue weighted by Crippen LogP contribution is -2.39. The highest BCUT2D eigenvalue weighted by Crippen LogP contribution is 2.18. The molecule has 1 aliphatic rings. The summed E-state index contributed by atoms with van der Waals surface area (Å²) in [5.74, 6) is 0.102. The van der Waals surface area contributed by atoms with Gasteiger partial charge in [-0.3, -0.25) is 4.79 Å². The van der Waals surface area contributed by atoms with Crippen LogP contribution in [0.5, 0.6) is 0 Å². The predicted molar refractivity (Wildman–Crippen MR) is 101 cm³/mol. The van der Waals surface area contributed by atoms with E-state index in [4.69, 9.17) is 11.6 Å². The molecule has 144 valence electrons. The van der Waals surface area contributed by atoms with Crippen LogP contribution in [-0.2, 0) is 0 Å². The van der Waals surface area contributed by atoms with E-state index in [0.29, 0.717) is 38.5 Å². The quantitative estimate of drug-likeness (QED) is 0.867. The summed E-state index contributed by atoms with van der Waals surface area (Å²) in [6, 6.07) is 7.65. The third kappa shape index (κ3) is 4.57. The Bertz CT molecular complexity index is 806. The van der Waals surface area contributed by atoms with Crippen LogP contribution >= 0.6 is 11.6 Å². The van der Waals surface area contributed by atoms with Crippen LogP contribution in [0.1, 0.15) is 42.2 Å². The number of amides is 3. The molecule has 9 heteroatoms. The van der Waals surface area contributed by atoms with Gasteiger partial charge in [0.05, 0.1) is 0 Å². The lowest BCUT2D eigenvalue weighted by Gasteiger charge is -2.22. The number of hydrogen-bond acceptors (Lipinski definition) is 5. The fraction of sp³-hybridized carbons (Fsp3) is 0.444. The summed E-state index contributed by atoms with van der Waals surface area (Å²) in [5.41, 5.74) is 1.97. The second-order valence-corrected chi connectivity index (χ2v) is 7.10. The molecule has 8 nitrogen and oxygen atoms in total. The smallest absolute Gasteiger partial charge is 0.321 e. The first kappa shape index (κ1) is 19.2. The molecule has 0 atom stereocenters. The largest absolute Gasteiger partial charge is 0.335 e. The molecule has 3 amide bonds. The van der Waals surface area contributed by atoms with Crippen molar-refractivity contribution in [3.63, 3.8) is 0 Å². The van der Waals surface area contributed by atoms with E-state index >= 15 is 0 Å². The molecule has 1 aliphatic heterocycles. The van der Waals surface area contributed by atoms with Crippen molar-refractivity contribution in [2.45, 2.75) is 26.2 Å². The van der Waals surface area contributed by atoms with E-state index < -0.39 is 0 Å². The SMILES string of the molecule is CC(C)c1ccc(NC(=O)N2CCCN(C(=O)c3nonc3Cl)CC2)cc1. The number of nitrogens with one attached hydrogen (secondary N) is 1. The molecule has 27 heavy (non-hydrogen) atoms. The maximum Gasteiger partial charge on any atom is 0.321 e. The summed E-state index contributed by atoms with van der Waals surface area (Å²) in [6.45, 7) is 6.13. The number of benzene rings is 1. The van der Waals surface area contributed by atoms with E-state index in [1.165, 1.54) is 5.56 Å². The van der Waals surface area contributed by atoms with Gasteiger partial charge in [-0.2, -0.15) is 0 Å². The van der Waals surface area contributed by atoms with Crippen LogP contribution in [-0.4, -0.2) is 58.2 Å². The molecule has 0 unspecified atom stereocenters. The van der Waals surface area contributed by atoms with Crippen LogP contribution < -0.4 is 5.32 Å². The maximum absolute atomic E-state index is 12.6. The van der Waals surface area contributed by atoms with Gasteiger partial charge in [-0.1, -0.05) is 37.6 Å². The topological polar surface area (TPSA) is 91.6 Å².